The van der Waals surface area contributed by atoms with Crippen molar-refractivity contribution in [1.82, 2.24) is 9.97 Å². The summed E-state index contributed by atoms with van der Waals surface area (Å²) < 4.78 is 38.7. The van der Waals surface area contributed by atoms with Crippen LogP contribution >= 0.6 is 22.7 Å². The SMILES string of the molecule is Cc1c(C(=O)Nc2ccc(C(=O)Nc3nccs3)cc2)sc2nc(C(F)(F)F)ccc12. The third kappa shape index (κ3) is 4.42. The molecule has 31 heavy (non-hydrogen) atoms. The van der Waals surface area contributed by atoms with E-state index in [1.807, 2.05) is 0 Å². The largest absolute Gasteiger partial charge is 0.433 e. The van der Waals surface area contributed by atoms with E-state index in [-0.39, 0.29) is 15.6 Å². The number of carbonyl (C=O) groups excluding carboxylic acids is 2. The van der Waals surface area contributed by atoms with E-state index in [4.69, 9.17) is 0 Å². The van der Waals surface area contributed by atoms with Crippen LogP contribution in [0.3, 0.4) is 0 Å². The molecule has 0 saturated carbocycles. The average molecular weight is 462 g/mol. The van der Waals surface area contributed by atoms with E-state index >= 15 is 0 Å². The summed E-state index contributed by atoms with van der Waals surface area (Å²) in [5.41, 5.74) is 0.379. The lowest BCUT2D eigenvalue weighted by Crippen LogP contribution is -2.13. The number of amides is 2. The Morgan fingerprint density at radius 2 is 1.74 bits per heavy atom. The monoisotopic (exact) mass is 462 g/mol. The quantitative estimate of drug-likeness (QED) is 0.414. The number of halogens is 3. The van der Waals surface area contributed by atoms with Crippen LogP contribution in [-0.2, 0) is 6.18 Å². The number of thiazole rings is 1. The average Bonchev–Trinajstić information content (AvgIpc) is 3.35. The highest BCUT2D eigenvalue weighted by molar-refractivity contribution is 7.20. The Bertz CT molecular complexity index is 1270. The lowest BCUT2D eigenvalue weighted by Gasteiger charge is -2.06. The second kappa shape index (κ2) is 8.08. The summed E-state index contributed by atoms with van der Waals surface area (Å²) >= 11 is 2.19. The fourth-order valence-corrected chi connectivity index (χ4v) is 4.42. The van der Waals surface area contributed by atoms with Crippen molar-refractivity contribution >= 4 is 55.5 Å². The number of carbonyl (C=O) groups is 2. The van der Waals surface area contributed by atoms with E-state index in [1.165, 1.54) is 17.4 Å². The van der Waals surface area contributed by atoms with Gasteiger partial charge in [0.15, 0.2) is 5.13 Å². The van der Waals surface area contributed by atoms with Crippen LogP contribution in [0.25, 0.3) is 10.2 Å². The number of aromatic nitrogens is 2. The summed E-state index contributed by atoms with van der Waals surface area (Å²) in [7, 11) is 0. The molecule has 0 spiro atoms. The smallest absolute Gasteiger partial charge is 0.321 e. The molecule has 0 aliphatic rings. The molecule has 2 N–H and O–H groups in total. The number of hydrogen-bond acceptors (Lipinski definition) is 6. The number of benzene rings is 1. The van der Waals surface area contributed by atoms with Crippen molar-refractivity contribution in [2.75, 3.05) is 10.6 Å². The molecule has 3 heterocycles. The zero-order valence-corrected chi connectivity index (χ0v) is 17.4. The van der Waals surface area contributed by atoms with Crippen LogP contribution in [0, 0.1) is 6.92 Å². The van der Waals surface area contributed by atoms with Gasteiger partial charge >= 0.3 is 6.18 Å². The van der Waals surface area contributed by atoms with Gasteiger partial charge in [0.1, 0.15) is 10.5 Å². The third-order valence-corrected chi connectivity index (χ3v) is 6.25. The van der Waals surface area contributed by atoms with Crippen molar-refractivity contribution < 1.29 is 22.8 Å². The van der Waals surface area contributed by atoms with Gasteiger partial charge in [-0.3, -0.25) is 14.9 Å². The number of alkyl halides is 3. The zero-order valence-electron chi connectivity index (χ0n) is 15.8. The second-order valence-electron chi connectivity index (χ2n) is 6.43. The molecule has 2 amide bonds. The lowest BCUT2D eigenvalue weighted by molar-refractivity contribution is -0.140. The van der Waals surface area contributed by atoms with Crippen LogP contribution in [0.5, 0.6) is 0 Å². The van der Waals surface area contributed by atoms with E-state index in [0.717, 1.165) is 17.4 Å². The molecule has 0 unspecified atom stereocenters. The predicted molar refractivity (Wildman–Crippen MR) is 114 cm³/mol. The van der Waals surface area contributed by atoms with Gasteiger partial charge < -0.3 is 5.32 Å². The summed E-state index contributed by atoms with van der Waals surface area (Å²) in [5, 5.41) is 8.07. The summed E-state index contributed by atoms with van der Waals surface area (Å²) in [6.45, 7) is 1.66. The first kappa shape index (κ1) is 20.9. The molecular weight excluding hydrogens is 449 g/mol. The van der Waals surface area contributed by atoms with Gasteiger partial charge in [-0.05, 0) is 48.9 Å². The van der Waals surface area contributed by atoms with Crippen LogP contribution in [0.15, 0.2) is 48.0 Å². The molecule has 6 nitrogen and oxygen atoms in total. The van der Waals surface area contributed by atoms with Crippen molar-refractivity contribution in [3.8, 4) is 0 Å². The van der Waals surface area contributed by atoms with Crippen molar-refractivity contribution in [3.05, 3.63) is 69.7 Å². The first-order valence-electron chi connectivity index (χ1n) is 8.82. The minimum Gasteiger partial charge on any atom is -0.321 e. The second-order valence-corrected chi connectivity index (χ2v) is 8.32. The molecule has 158 valence electrons. The molecule has 0 radical (unpaired) electrons. The van der Waals surface area contributed by atoms with Crippen LogP contribution in [0.2, 0.25) is 0 Å². The van der Waals surface area contributed by atoms with E-state index in [9.17, 15) is 22.8 Å². The lowest BCUT2D eigenvalue weighted by atomic mass is 10.1. The standard InChI is InChI=1S/C20H13F3N4O2S2/c1-10-13-6-7-14(20(21,22)23)26-18(13)31-15(10)17(29)25-12-4-2-11(3-5-12)16(28)27-19-24-8-9-30-19/h2-9H,1H3,(H,25,29)(H,24,27,28). The normalized spacial score (nSPS) is 11.5. The predicted octanol–water partition coefficient (Wildman–Crippen LogP) is 5.58. The number of fused-ring (bicyclic) bond motifs is 1. The van der Waals surface area contributed by atoms with Gasteiger partial charge in [-0.25, -0.2) is 9.97 Å². The molecule has 0 aliphatic heterocycles. The minimum atomic E-state index is -4.55. The Hall–Kier alpha value is -3.31. The number of hydrogen-bond donors (Lipinski definition) is 2. The molecule has 0 fully saturated rings. The number of nitrogens with one attached hydrogen (secondary N) is 2. The summed E-state index contributed by atoms with van der Waals surface area (Å²) in [4.78, 5) is 32.9. The van der Waals surface area contributed by atoms with Crippen molar-refractivity contribution in [2.24, 2.45) is 0 Å². The maximum absolute atomic E-state index is 12.9. The van der Waals surface area contributed by atoms with E-state index in [1.54, 1.807) is 42.8 Å². The molecular formula is C20H13F3N4O2S2. The molecule has 0 atom stereocenters. The Labute approximate surface area is 181 Å². The fourth-order valence-electron chi connectivity index (χ4n) is 2.82. The number of nitrogens with zero attached hydrogens (tertiary/aromatic N) is 2. The Balaban J connectivity index is 1.50. The Morgan fingerprint density at radius 1 is 1.00 bits per heavy atom. The van der Waals surface area contributed by atoms with Crippen LogP contribution < -0.4 is 10.6 Å². The van der Waals surface area contributed by atoms with Crippen LogP contribution in [0.4, 0.5) is 24.0 Å². The maximum atomic E-state index is 12.9. The van der Waals surface area contributed by atoms with E-state index in [2.05, 4.69) is 20.6 Å². The summed E-state index contributed by atoms with van der Waals surface area (Å²) in [6, 6.07) is 8.46. The van der Waals surface area contributed by atoms with Gasteiger partial charge in [0.2, 0.25) is 0 Å². The van der Waals surface area contributed by atoms with Crippen molar-refractivity contribution in [1.29, 1.82) is 0 Å². The highest BCUT2D eigenvalue weighted by Crippen LogP contribution is 2.34. The van der Waals surface area contributed by atoms with Crippen LogP contribution in [-0.4, -0.2) is 21.8 Å². The molecule has 1 aromatic carbocycles. The molecule has 4 aromatic rings. The van der Waals surface area contributed by atoms with Gasteiger partial charge in [-0.2, -0.15) is 13.2 Å². The van der Waals surface area contributed by atoms with Gasteiger partial charge in [0.25, 0.3) is 11.8 Å². The molecule has 0 aliphatic carbocycles. The molecule has 0 bridgehead atoms. The van der Waals surface area contributed by atoms with Gasteiger partial charge in [-0.15, -0.1) is 22.7 Å². The highest BCUT2D eigenvalue weighted by Gasteiger charge is 2.33. The molecule has 4 rings (SSSR count). The summed E-state index contributed by atoms with van der Waals surface area (Å²) in [5.74, 6) is -0.797. The minimum absolute atomic E-state index is 0.145. The Kier molecular flexibility index (Phi) is 5.46. The third-order valence-electron chi connectivity index (χ3n) is 4.36. The first-order chi connectivity index (χ1) is 14.7. The van der Waals surface area contributed by atoms with E-state index < -0.39 is 17.8 Å². The fraction of sp³-hybridized carbons (Fsp3) is 0.100. The van der Waals surface area contributed by atoms with Crippen LogP contribution in [0.1, 0.15) is 31.3 Å². The van der Waals surface area contributed by atoms with Gasteiger partial charge in [0, 0.05) is 28.2 Å². The van der Waals surface area contributed by atoms with Gasteiger partial charge in [0.05, 0.1) is 4.88 Å². The zero-order chi connectivity index (χ0) is 22.2. The molecule has 11 heteroatoms. The molecule has 0 saturated heterocycles. The first-order valence-corrected chi connectivity index (χ1v) is 10.5. The maximum Gasteiger partial charge on any atom is 0.433 e. The molecule has 3 aromatic heterocycles. The summed E-state index contributed by atoms with van der Waals surface area (Å²) in [6.07, 6.45) is -2.98. The van der Waals surface area contributed by atoms with Crippen molar-refractivity contribution in [3.63, 3.8) is 0 Å². The number of pyridine rings is 1. The van der Waals surface area contributed by atoms with E-state index in [0.29, 0.717) is 27.3 Å². The highest BCUT2D eigenvalue weighted by atomic mass is 32.1. The number of thiophene rings is 1. The Morgan fingerprint density at radius 3 is 2.39 bits per heavy atom. The number of anilines is 2. The topological polar surface area (TPSA) is 84.0 Å². The van der Waals surface area contributed by atoms with Gasteiger partial charge in [-0.1, -0.05) is 0 Å². The number of rotatable bonds is 4. The number of aryl methyl sites for hydroxylation is 1. The van der Waals surface area contributed by atoms with Crippen molar-refractivity contribution in [2.45, 2.75) is 13.1 Å².